The molecule has 0 radical (unpaired) electrons. The fourth-order valence-electron chi connectivity index (χ4n) is 5.23. The first-order chi connectivity index (χ1) is 17.6. The molecule has 6 rings (SSSR count). The van der Waals surface area contributed by atoms with Crippen molar-refractivity contribution in [3.8, 4) is 11.3 Å². The minimum atomic E-state index is -3.57. The molecule has 9 heteroatoms. The normalized spacial score (nSPS) is 17.2. The summed E-state index contributed by atoms with van der Waals surface area (Å²) in [6, 6.07) is 17.8. The minimum absolute atomic E-state index is 0.252. The fraction of sp³-hybridized carbons (Fsp3) is 0.286. The quantitative estimate of drug-likeness (QED) is 0.288. The molecule has 6 nitrogen and oxygen atoms in total. The zero-order valence-corrected chi connectivity index (χ0v) is 21.6. The molecule has 3 aromatic carbocycles. The SMILES string of the molecule is C[N+](CCc1ccc2c(c1)COB2O)(c1cc2oc(-c3ccc(F)cc3)cc2cc1C1CC1)S(C)(=O)=O. The summed E-state index contributed by atoms with van der Waals surface area (Å²) in [5.41, 5.74) is 5.83. The molecule has 0 saturated heterocycles. The molecule has 37 heavy (non-hydrogen) atoms. The molecule has 0 bridgehead atoms. The lowest BCUT2D eigenvalue weighted by Crippen LogP contribution is -2.51. The lowest BCUT2D eigenvalue weighted by molar-refractivity contribution is 0.275. The number of halogens is 1. The van der Waals surface area contributed by atoms with Crippen LogP contribution in [0.2, 0.25) is 0 Å². The maximum atomic E-state index is 13.4. The monoisotopic (exact) mass is 520 g/mol. The Morgan fingerprint density at radius 3 is 2.54 bits per heavy atom. The summed E-state index contributed by atoms with van der Waals surface area (Å²) in [4.78, 5) is 0. The van der Waals surface area contributed by atoms with Crippen LogP contribution in [0.15, 0.2) is 65.1 Å². The number of sulfonamides is 1. The molecular formula is C28H28BFNO5S+. The van der Waals surface area contributed by atoms with E-state index in [0.29, 0.717) is 36.8 Å². The van der Waals surface area contributed by atoms with Crippen LogP contribution in [0.3, 0.4) is 0 Å². The van der Waals surface area contributed by atoms with Gasteiger partial charge in [-0.25, -0.2) is 4.39 Å². The maximum absolute atomic E-state index is 13.4. The summed E-state index contributed by atoms with van der Waals surface area (Å²) in [6.45, 7) is 0.692. The first-order valence-electron chi connectivity index (χ1n) is 12.4. The lowest BCUT2D eigenvalue weighted by Gasteiger charge is -2.33. The molecule has 1 unspecified atom stereocenters. The second-order valence-corrected chi connectivity index (χ2v) is 12.6. The molecule has 1 fully saturated rings. The number of fused-ring (bicyclic) bond motifs is 2. The van der Waals surface area contributed by atoms with Crippen molar-refractivity contribution in [2.75, 3.05) is 19.8 Å². The van der Waals surface area contributed by atoms with Gasteiger partial charge >= 0.3 is 7.12 Å². The third-order valence-electron chi connectivity index (χ3n) is 7.75. The third-order valence-corrected chi connectivity index (χ3v) is 9.59. The molecule has 1 saturated carbocycles. The molecule has 2 heterocycles. The van der Waals surface area contributed by atoms with Gasteiger partial charge in [-0.05, 0) is 71.7 Å². The fourth-order valence-corrected chi connectivity index (χ4v) is 6.17. The summed E-state index contributed by atoms with van der Waals surface area (Å²) in [5, 5.41) is 10.8. The number of nitrogens with zero attached hydrogens (tertiary/aromatic N) is 1. The van der Waals surface area contributed by atoms with Crippen LogP contribution in [0.4, 0.5) is 10.1 Å². The zero-order chi connectivity index (χ0) is 25.9. The number of rotatable bonds is 7. The summed E-state index contributed by atoms with van der Waals surface area (Å²) in [7, 11) is -2.71. The second-order valence-electron chi connectivity index (χ2n) is 10.3. The van der Waals surface area contributed by atoms with E-state index < -0.39 is 17.1 Å². The molecule has 1 atom stereocenters. The number of hydrogen-bond acceptors (Lipinski definition) is 5. The van der Waals surface area contributed by atoms with E-state index in [1.165, 1.54) is 18.4 Å². The van der Waals surface area contributed by atoms with Crippen molar-refractivity contribution in [3.05, 3.63) is 83.2 Å². The Balaban J connectivity index is 1.40. The molecule has 0 spiro atoms. The highest BCUT2D eigenvalue weighted by Gasteiger charge is 2.42. The zero-order valence-electron chi connectivity index (χ0n) is 20.8. The highest BCUT2D eigenvalue weighted by Crippen LogP contribution is 2.48. The summed E-state index contributed by atoms with van der Waals surface area (Å²) in [5.74, 6) is 0.623. The van der Waals surface area contributed by atoms with Crippen LogP contribution in [-0.2, 0) is 27.7 Å². The predicted octanol–water partition coefficient (Wildman–Crippen LogP) is 4.47. The number of quaternary nitrogens is 1. The molecule has 2 aliphatic rings. The van der Waals surface area contributed by atoms with Crippen molar-refractivity contribution >= 4 is 39.3 Å². The molecule has 0 amide bonds. The summed E-state index contributed by atoms with van der Waals surface area (Å²) < 4.78 is 51.3. The van der Waals surface area contributed by atoms with Crippen LogP contribution in [0.25, 0.3) is 22.3 Å². The number of hydrogen-bond donors (Lipinski definition) is 1. The minimum Gasteiger partial charge on any atom is -0.456 e. The average Bonchev–Trinajstić information content (AvgIpc) is 3.53. The van der Waals surface area contributed by atoms with E-state index in [1.54, 1.807) is 19.2 Å². The van der Waals surface area contributed by atoms with Crippen LogP contribution in [0, 0.1) is 5.82 Å². The topological polar surface area (TPSA) is 76.7 Å². The van der Waals surface area contributed by atoms with E-state index >= 15 is 0 Å². The van der Waals surface area contributed by atoms with Crippen molar-refractivity contribution in [1.29, 1.82) is 0 Å². The van der Waals surface area contributed by atoms with Gasteiger partial charge in [-0.1, -0.05) is 18.2 Å². The van der Waals surface area contributed by atoms with Gasteiger partial charge < -0.3 is 14.1 Å². The number of benzene rings is 3. The van der Waals surface area contributed by atoms with Crippen LogP contribution < -0.4 is 9.35 Å². The average molecular weight is 520 g/mol. The highest BCUT2D eigenvalue weighted by molar-refractivity contribution is 7.90. The molecular weight excluding hydrogens is 492 g/mol. The van der Waals surface area contributed by atoms with Crippen molar-refractivity contribution in [2.24, 2.45) is 0 Å². The highest BCUT2D eigenvalue weighted by atomic mass is 32.2. The Hall–Kier alpha value is -2.98. The molecule has 1 N–H and O–H groups in total. The molecule has 4 aromatic rings. The standard InChI is InChI=1S/C28H28BFNO5S/c1-31(37(2,33)34,12-11-18-3-10-25-22(13-18)17-35-29(25)32)26-16-28-21(14-24(26)19-4-5-19)15-27(36-28)20-6-8-23(30)9-7-20/h3,6-10,13-16,19,32H,4-5,11-12,17H2,1-2H3/q+1. The lowest BCUT2D eigenvalue weighted by atomic mass is 9.79. The Labute approximate surface area is 216 Å². The van der Waals surface area contributed by atoms with E-state index in [4.69, 9.17) is 9.07 Å². The smallest absolute Gasteiger partial charge is 0.456 e. The van der Waals surface area contributed by atoms with Crippen molar-refractivity contribution in [1.82, 2.24) is 3.89 Å². The van der Waals surface area contributed by atoms with Gasteiger partial charge in [0, 0.05) is 29.0 Å². The second kappa shape index (κ2) is 8.80. The van der Waals surface area contributed by atoms with Crippen molar-refractivity contribution in [2.45, 2.75) is 31.8 Å². The molecule has 1 aliphatic heterocycles. The van der Waals surface area contributed by atoms with E-state index in [1.807, 2.05) is 30.3 Å². The van der Waals surface area contributed by atoms with Gasteiger partial charge in [0.15, 0.2) is 5.69 Å². The van der Waals surface area contributed by atoms with E-state index in [9.17, 15) is 17.8 Å². The van der Waals surface area contributed by atoms with Gasteiger partial charge in [-0.3, -0.25) is 0 Å². The van der Waals surface area contributed by atoms with Crippen molar-refractivity contribution < 1.29 is 26.9 Å². The van der Waals surface area contributed by atoms with Gasteiger partial charge in [0.25, 0.3) is 10.0 Å². The Morgan fingerprint density at radius 1 is 1.08 bits per heavy atom. The number of likely N-dealkylation sites (N-methyl/N-ethyl adjacent to an activating group) is 1. The largest absolute Gasteiger partial charge is 0.491 e. The van der Waals surface area contributed by atoms with Crippen LogP contribution >= 0.6 is 0 Å². The molecule has 1 aromatic heterocycles. The summed E-state index contributed by atoms with van der Waals surface area (Å²) >= 11 is 0. The van der Waals surface area contributed by atoms with Crippen LogP contribution in [0.1, 0.15) is 35.4 Å². The van der Waals surface area contributed by atoms with E-state index in [2.05, 4.69) is 6.07 Å². The molecule has 190 valence electrons. The van der Waals surface area contributed by atoms with Gasteiger partial charge in [0.1, 0.15) is 23.7 Å². The maximum Gasteiger partial charge on any atom is 0.491 e. The van der Waals surface area contributed by atoms with Crippen molar-refractivity contribution in [3.63, 3.8) is 0 Å². The van der Waals surface area contributed by atoms with Gasteiger partial charge in [0.2, 0.25) is 0 Å². The van der Waals surface area contributed by atoms with E-state index in [0.717, 1.165) is 51.6 Å². The first kappa shape index (κ1) is 24.4. The van der Waals surface area contributed by atoms with Crippen LogP contribution in [-0.4, -0.2) is 40.4 Å². The Morgan fingerprint density at radius 2 is 1.84 bits per heavy atom. The summed E-state index contributed by atoms with van der Waals surface area (Å²) in [6.07, 6.45) is 3.87. The van der Waals surface area contributed by atoms with Gasteiger partial charge in [0.05, 0.1) is 19.9 Å². The third kappa shape index (κ3) is 4.40. The van der Waals surface area contributed by atoms with Crippen LogP contribution in [0.5, 0.6) is 0 Å². The predicted molar refractivity (Wildman–Crippen MR) is 144 cm³/mol. The number of furan rings is 1. The molecule has 1 aliphatic carbocycles. The Bertz CT molecular complexity index is 1610. The van der Waals surface area contributed by atoms with Gasteiger partial charge in [-0.15, -0.1) is 0 Å². The van der Waals surface area contributed by atoms with E-state index in [-0.39, 0.29) is 9.71 Å². The Kier molecular flexibility index (Phi) is 5.80. The van der Waals surface area contributed by atoms with Gasteiger partial charge in [-0.2, -0.15) is 12.3 Å². The first-order valence-corrected chi connectivity index (χ1v) is 14.3.